The van der Waals surface area contributed by atoms with E-state index in [2.05, 4.69) is 76.2 Å². The molecule has 2 aromatic carbocycles. The van der Waals surface area contributed by atoms with Crippen LogP contribution in [0.3, 0.4) is 0 Å². The molecule has 0 N–H and O–H groups in total. The molecule has 2 nitrogen and oxygen atoms in total. The second-order valence-corrected chi connectivity index (χ2v) is 13.0. The summed E-state index contributed by atoms with van der Waals surface area (Å²) in [7, 11) is 0. The first-order valence-corrected chi connectivity index (χ1v) is 18.3. The third-order valence-corrected chi connectivity index (χ3v) is 9.21. The molecule has 2 aromatic rings. The molecule has 0 bridgehead atoms. The fourth-order valence-corrected chi connectivity index (χ4v) is 6.66. The van der Waals surface area contributed by atoms with Gasteiger partial charge in [-0.3, -0.25) is 0 Å². The van der Waals surface area contributed by atoms with Crippen molar-refractivity contribution in [2.24, 2.45) is 0 Å². The van der Waals surface area contributed by atoms with Gasteiger partial charge in [0.05, 0.1) is 0 Å². The van der Waals surface area contributed by atoms with Crippen molar-refractivity contribution in [3.63, 3.8) is 0 Å². The van der Waals surface area contributed by atoms with E-state index in [1.807, 2.05) is 0 Å². The number of allylic oxidation sites excluding steroid dienone is 2. The van der Waals surface area contributed by atoms with Gasteiger partial charge in [-0.1, -0.05) is 135 Å². The Hall–Kier alpha value is -1.99. The Balaban J connectivity index is 0.00000675. The summed E-state index contributed by atoms with van der Waals surface area (Å²) in [6.45, 7) is 9.12. The number of aryl methyl sites for hydroxylation is 2. The first-order chi connectivity index (χ1) is 21.1. The standard InChI is InChI=1S/C41H62N2.Ni/c1-5-9-13-16-18-21-31-39-38(30-20-17-14-10-6-2)41(37-29-23-27-35(33-37)25-19-15-11-7-3)43(42)40(39)36-28-22-26-34(32-36)24-12-8-4;/h22-23,26-29,32-33H,5-21,24-25,30-31H2,1-4H3;. The normalized spacial score (nSPS) is 13.2. The number of hydrogen-bond acceptors (Lipinski definition) is 0. The summed E-state index contributed by atoms with van der Waals surface area (Å²) in [5, 5.41) is 0. The maximum Gasteiger partial charge on any atom is 0.211 e. The summed E-state index contributed by atoms with van der Waals surface area (Å²) in [6, 6.07) is 18.1. The third-order valence-electron chi connectivity index (χ3n) is 9.21. The average Bonchev–Trinajstić information content (AvgIpc) is 3.30. The fourth-order valence-electron chi connectivity index (χ4n) is 6.66. The van der Waals surface area contributed by atoms with Crippen LogP contribution in [0.1, 0.15) is 172 Å². The van der Waals surface area contributed by atoms with Crippen molar-refractivity contribution in [3.05, 3.63) is 87.5 Å². The molecule has 0 aromatic heterocycles. The van der Waals surface area contributed by atoms with Crippen LogP contribution < -0.4 is 0 Å². The zero-order valence-electron chi connectivity index (χ0n) is 28.7. The molecular formula is C41H62N2Ni. The van der Waals surface area contributed by atoms with Gasteiger partial charge >= 0.3 is 0 Å². The van der Waals surface area contributed by atoms with Gasteiger partial charge in [0.2, 0.25) is 11.4 Å². The largest absolute Gasteiger partial charge is 0.493 e. The Labute approximate surface area is 281 Å². The smallest absolute Gasteiger partial charge is 0.211 e. The van der Waals surface area contributed by atoms with E-state index in [0.717, 1.165) is 37.1 Å². The van der Waals surface area contributed by atoms with Gasteiger partial charge in [0.15, 0.2) is 0 Å². The van der Waals surface area contributed by atoms with Crippen LogP contribution in [0.2, 0.25) is 0 Å². The van der Waals surface area contributed by atoms with Crippen LogP contribution in [0.25, 0.3) is 16.9 Å². The minimum Gasteiger partial charge on any atom is -0.493 e. The van der Waals surface area contributed by atoms with E-state index in [0.29, 0.717) is 0 Å². The van der Waals surface area contributed by atoms with Crippen LogP contribution in [0.15, 0.2) is 59.7 Å². The molecule has 0 fully saturated rings. The van der Waals surface area contributed by atoms with Crippen LogP contribution in [0.5, 0.6) is 0 Å². The predicted molar refractivity (Wildman–Crippen MR) is 188 cm³/mol. The van der Waals surface area contributed by atoms with Crippen molar-refractivity contribution in [3.8, 4) is 0 Å². The van der Waals surface area contributed by atoms with Crippen LogP contribution in [0, 0.1) is 0 Å². The summed E-state index contributed by atoms with van der Waals surface area (Å²) in [5.41, 5.74) is 22.1. The molecule has 1 aliphatic heterocycles. The van der Waals surface area contributed by atoms with Crippen LogP contribution in [-0.4, -0.2) is 4.70 Å². The van der Waals surface area contributed by atoms with Gasteiger partial charge in [0, 0.05) is 38.8 Å². The zero-order chi connectivity index (χ0) is 30.7. The van der Waals surface area contributed by atoms with Crippen molar-refractivity contribution >= 4 is 11.4 Å². The first kappa shape index (κ1) is 38.2. The van der Waals surface area contributed by atoms with Crippen LogP contribution in [0.4, 0.5) is 0 Å². The van der Waals surface area contributed by atoms with Crippen molar-refractivity contribution < 1.29 is 21.2 Å². The molecule has 3 rings (SSSR count). The van der Waals surface area contributed by atoms with E-state index in [1.54, 1.807) is 4.70 Å². The molecule has 0 radical (unpaired) electrons. The Kier molecular flexibility index (Phi) is 19.5. The molecule has 0 saturated carbocycles. The van der Waals surface area contributed by atoms with Crippen molar-refractivity contribution in [2.45, 2.75) is 163 Å². The van der Waals surface area contributed by atoms with Crippen molar-refractivity contribution in [2.75, 3.05) is 0 Å². The van der Waals surface area contributed by atoms with Gasteiger partial charge in [0.25, 0.3) is 0 Å². The fraction of sp³-hybridized carbons (Fsp3) is 0.610. The van der Waals surface area contributed by atoms with E-state index < -0.39 is 0 Å². The quantitative estimate of drug-likeness (QED) is 0.0656. The van der Waals surface area contributed by atoms with Gasteiger partial charge in [-0.2, -0.15) is 0 Å². The molecule has 0 spiro atoms. The second-order valence-electron chi connectivity index (χ2n) is 13.0. The molecule has 1 heterocycles. The van der Waals surface area contributed by atoms with Gasteiger partial charge in [-0.15, -0.1) is 0 Å². The summed E-state index contributed by atoms with van der Waals surface area (Å²) in [4.78, 5) is 0. The van der Waals surface area contributed by atoms with Gasteiger partial charge in [0.1, 0.15) is 0 Å². The molecule has 0 saturated heterocycles. The first-order valence-electron chi connectivity index (χ1n) is 18.3. The molecular weight excluding hydrogens is 579 g/mol. The minimum atomic E-state index is 0. The molecule has 246 valence electrons. The Morgan fingerprint density at radius 1 is 0.455 bits per heavy atom. The van der Waals surface area contributed by atoms with Gasteiger partial charge in [-0.05, 0) is 86.8 Å². The van der Waals surface area contributed by atoms with E-state index in [1.165, 1.54) is 143 Å². The maximum atomic E-state index is 12.1. The SMILES string of the molecule is CCCCCCCCC1=C(c2cccc(CCCC)c2)[N+](=[N-])C(c2cccc(CCCCCC)c2)=C1CCCCCCC.[Ni]. The summed E-state index contributed by atoms with van der Waals surface area (Å²) in [6.07, 6.45) is 25.9. The molecule has 1 aliphatic rings. The topological polar surface area (TPSA) is 25.3 Å². The summed E-state index contributed by atoms with van der Waals surface area (Å²) < 4.78 is 1.60. The zero-order valence-corrected chi connectivity index (χ0v) is 29.7. The van der Waals surface area contributed by atoms with Crippen molar-refractivity contribution in [1.82, 2.24) is 0 Å². The number of unbranched alkanes of at least 4 members (excludes halogenated alkanes) is 13. The number of hydrogen-bond donors (Lipinski definition) is 0. The monoisotopic (exact) mass is 640 g/mol. The van der Waals surface area contributed by atoms with Gasteiger partial charge < -0.3 is 5.53 Å². The van der Waals surface area contributed by atoms with E-state index in [4.69, 9.17) is 0 Å². The maximum absolute atomic E-state index is 12.1. The van der Waals surface area contributed by atoms with E-state index >= 15 is 0 Å². The number of nitrogens with zero attached hydrogens (tertiary/aromatic N) is 2. The van der Waals surface area contributed by atoms with Gasteiger partial charge in [-0.25, -0.2) is 4.70 Å². The van der Waals surface area contributed by atoms with Crippen molar-refractivity contribution in [1.29, 1.82) is 0 Å². The average molecular weight is 642 g/mol. The molecule has 0 atom stereocenters. The summed E-state index contributed by atoms with van der Waals surface area (Å²) in [5.74, 6) is 0. The second kappa shape index (κ2) is 22.5. The Morgan fingerprint density at radius 2 is 0.818 bits per heavy atom. The van der Waals surface area contributed by atoms with E-state index in [9.17, 15) is 5.53 Å². The Bertz CT molecular complexity index is 1170. The Morgan fingerprint density at radius 3 is 1.27 bits per heavy atom. The van der Waals surface area contributed by atoms with Crippen LogP contribution >= 0.6 is 0 Å². The molecule has 0 amide bonds. The van der Waals surface area contributed by atoms with E-state index in [-0.39, 0.29) is 16.5 Å². The molecule has 0 unspecified atom stereocenters. The predicted octanol–water partition coefficient (Wildman–Crippen LogP) is 13.4. The minimum absolute atomic E-state index is 0. The molecule has 0 aliphatic carbocycles. The molecule has 44 heavy (non-hydrogen) atoms. The van der Waals surface area contributed by atoms with Crippen LogP contribution in [-0.2, 0) is 29.3 Å². The third kappa shape index (κ3) is 12.1. The number of benzene rings is 2. The molecule has 3 heteroatoms. The summed E-state index contributed by atoms with van der Waals surface area (Å²) >= 11 is 0. The number of rotatable bonds is 23.